The Morgan fingerprint density at radius 2 is 1.89 bits per heavy atom. The Hall–Kier alpha value is -3.80. The van der Waals surface area contributed by atoms with Crippen LogP contribution in [0.4, 0.5) is 5.69 Å². The summed E-state index contributed by atoms with van der Waals surface area (Å²) in [5, 5.41) is 12.1. The van der Waals surface area contributed by atoms with Crippen molar-refractivity contribution in [1.29, 1.82) is 0 Å². The second-order valence-electron chi connectivity index (χ2n) is 6.55. The number of aromatic carboxylic acids is 1. The van der Waals surface area contributed by atoms with Crippen LogP contribution in [0.25, 0.3) is 22.8 Å². The third kappa shape index (κ3) is 2.95. The molecule has 28 heavy (non-hydrogen) atoms. The first-order chi connectivity index (χ1) is 13.5. The number of carbonyl (C=O) groups excluding carboxylic acids is 1. The molecule has 4 rings (SSSR count). The molecule has 6 heteroatoms. The van der Waals surface area contributed by atoms with E-state index in [1.165, 1.54) is 0 Å². The SMILES string of the molecule is COc1ccc(-c2cccc3c2/C(=C/c2[nH]c(C(=O)O)cc2C)C(=O)N3)cc1. The maximum absolute atomic E-state index is 12.6. The fraction of sp³-hybridized carbons (Fsp3) is 0.0909. The predicted molar refractivity (Wildman–Crippen MR) is 107 cm³/mol. The Labute approximate surface area is 161 Å². The van der Waals surface area contributed by atoms with Crippen LogP contribution in [-0.4, -0.2) is 29.1 Å². The van der Waals surface area contributed by atoms with Gasteiger partial charge < -0.3 is 20.1 Å². The smallest absolute Gasteiger partial charge is 0.352 e. The van der Waals surface area contributed by atoms with Crippen LogP contribution in [0.1, 0.15) is 27.3 Å². The molecule has 3 aromatic rings. The zero-order valence-electron chi connectivity index (χ0n) is 15.4. The molecular formula is C22H18N2O4. The molecule has 1 aliphatic heterocycles. The third-order valence-electron chi connectivity index (χ3n) is 4.80. The number of ether oxygens (including phenoxy) is 1. The van der Waals surface area contributed by atoms with Crippen molar-refractivity contribution < 1.29 is 19.4 Å². The minimum Gasteiger partial charge on any atom is -0.497 e. The van der Waals surface area contributed by atoms with Gasteiger partial charge in [-0.15, -0.1) is 0 Å². The van der Waals surface area contributed by atoms with Crippen molar-refractivity contribution in [2.45, 2.75) is 6.92 Å². The number of nitrogens with one attached hydrogen (secondary N) is 2. The van der Waals surface area contributed by atoms with Gasteiger partial charge in [-0.3, -0.25) is 4.79 Å². The summed E-state index contributed by atoms with van der Waals surface area (Å²) >= 11 is 0. The summed E-state index contributed by atoms with van der Waals surface area (Å²) in [5.74, 6) is -0.505. The van der Waals surface area contributed by atoms with Crippen molar-refractivity contribution in [3.63, 3.8) is 0 Å². The number of hydrogen-bond donors (Lipinski definition) is 3. The summed E-state index contributed by atoms with van der Waals surface area (Å²) in [5.41, 5.74) is 5.32. The molecule has 6 nitrogen and oxygen atoms in total. The number of aromatic nitrogens is 1. The number of benzene rings is 2. The van der Waals surface area contributed by atoms with Gasteiger partial charge in [0.25, 0.3) is 5.91 Å². The van der Waals surface area contributed by atoms with Gasteiger partial charge in [0.05, 0.1) is 12.7 Å². The molecule has 3 N–H and O–H groups in total. The Balaban J connectivity index is 1.85. The lowest BCUT2D eigenvalue weighted by Gasteiger charge is -2.09. The summed E-state index contributed by atoms with van der Waals surface area (Å²) in [4.78, 5) is 26.7. The molecule has 0 aliphatic carbocycles. The molecule has 0 saturated heterocycles. The average molecular weight is 374 g/mol. The van der Waals surface area contributed by atoms with E-state index >= 15 is 0 Å². The zero-order chi connectivity index (χ0) is 19.8. The molecule has 0 bridgehead atoms. The highest BCUT2D eigenvalue weighted by Crippen LogP contribution is 2.40. The Morgan fingerprint density at radius 3 is 2.54 bits per heavy atom. The van der Waals surface area contributed by atoms with Gasteiger partial charge in [0.15, 0.2) is 0 Å². The number of aromatic amines is 1. The van der Waals surface area contributed by atoms with E-state index in [9.17, 15) is 14.7 Å². The van der Waals surface area contributed by atoms with Gasteiger partial charge in [0.2, 0.25) is 0 Å². The van der Waals surface area contributed by atoms with E-state index in [1.54, 1.807) is 26.2 Å². The van der Waals surface area contributed by atoms with Gasteiger partial charge in [-0.05, 0) is 54.0 Å². The molecule has 1 amide bonds. The summed E-state index contributed by atoms with van der Waals surface area (Å²) in [7, 11) is 1.61. The van der Waals surface area contributed by atoms with Crippen LogP contribution in [0.3, 0.4) is 0 Å². The summed E-state index contributed by atoms with van der Waals surface area (Å²) in [6.07, 6.45) is 1.70. The highest BCUT2D eigenvalue weighted by Gasteiger charge is 2.27. The van der Waals surface area contributed by atoms with Gasteiger partial charge in [-0.25, -0.2) is 4.79 Å². The van der Waals surface area contributed by atoms with Gasteiger partial charge in [-0.1, -0.05) is 24.3 Å². The first-order valence-corrected chi connectivity index (χ1v) is 8.71. The summed E-state index contributed by atoms with van der Waals surface area (Å²) in [6.45, 7) is 1.80. The fourth-order valence-electron chi connectivity index (χ4n) is 3.38. The number of carboxylic acid groups (broad SMARTS) is 1. The summed E-state index contributed by atoms with van der Waals surface area (Å²) < 4.78 is 5.22. The number of H-pyrrole nitrogens is 1. The first-order valence-electron chi connectivity index (χ1n) is 8.71. The maximum Gasteiger partial charge on any atom is 0.352 e. The van der Waals surface area contributed by atoms with Crippen molar-refractivity contribution in [3.8, 4) is 16.9 Å². The van der Waals surface area contributed by atoms with Gasteiger partial charge >= 0.3 is 5.97 Å². The molecule has 1 aliphatic rings. The van der Waals surface area contributed by atoms with E-state index in [2.05, 4.69) is 10.3 Å². The lowest BCUT2D eigenvalue weighted by Crippen LogP contribution is -2.03. The Kier molecular flexibility index (Phi) is 4.24. The average Bonchev–Trinajstić information content (AvgIpc) is 3.22. The topological polar surface area (TPSA) is 91.4 Å². The van der Waals surface area contributed by atoms with Crippen LogP contribution < -0.4 is 10.1 Å². The van der Waals surface area contributed by atoms with E-state index in [4.69, 9.17) is 4.74 Å². The van der Waals surface area contributed by atoms with Crippen LogP contribution in [0, 0.1) is 6.92 Å². The van der Waals surface area contributed by atoms with E-state index in [1.807, 2.05) is 42.5 Å². The molecule has 0 saturated carbocycles. The molecule has 0 unspecified atom stereocenters. The van der Waals surface area contributed by atoms with Crippen LogP contribution >= 0.6 is 0 Å². The maximum atomic E-state index is 12.6. The number of anilines is 1. The molecular weight excluding hydrogens is 356 g/mol. The highest BCUT2D eigenvalue weighted by atomic mass is 16.5. The largest absolute Gasteiger partial charge is 0.497 e. The lowest BCUT2D eigenvalue weighted by molar-refractivity contribution is -0.110. The minimum atomic E-state index is -1.04. The van der Waals surface area contributed by atoms with Crippen molar-refractivity contribution in [2.75, 3.05) is 12.4 Å². The molecule has 0 fully saturated rings. The molecule has 140 valence electrons. The second kappa shape index (κ2) is 6.74. The number of amides is 1. The first kappa shape index (κ1) is 17.6. The number of hydrogen-bond acceptors (Lipinski definition) is 3. The van der Waals surface area contributed by atoms with Crippen molar-refractivity contribution in [1.82, 2.24) is 4.98 Å². The van der Waals surface area contributed by atoms with Crippen molar-refractivity contribution in [3.05, 3.63) is 71.0 Å². The van der Waals surface area contributed by atoms with Gasteiger partial charge in [-0.2, -0.15) is 0 Å². The zero-order valence-corrected chi connectivity index (χ0v) is 15.4. The van der Waals surface area contributed by atoms with E-state index in [0.29, 0.717) is 11.3 Å². The second-order valence-corrected chi connectivity index (χ2v) is 6.55. The predicted octanol–water partition coefficient (Wildman–Crippen LogP) is 4.19. The van der Waals surface area contributed by atoms with E-state index in [0.717, 1.165) is 33.7 Å². The van der Waals surface area contributed by atoms with Crippen molar-refractivity contribution in [2.24, 2.45) is 0 Å². The molecule has 2 aromatic carbocycles. The number of carboxylic acids is 1. The Morgan fingerprint density at radius 1 is 1.14 bits per heavy atom. The molecule has 1 aromatic heterocycles. The van der Waals surface area contributed by atoms with Crippen molar-refractivity contribution >= 4 is 29.2 Å². The standard InChI is InChI=1S/C22H18N2O4/c1-12-10-19(22(26)27)23-18(12)11-16-20-15(4-3-5-17(20)24-21(16)25)13-6-8-14(28-2)9-7-13/h3-11,23H,1-2H3,(H,24,25)(H,26,27)/b16-11-. The third-order valence-corrected chi connectivity index (χ3v) is 4.80. The summed E-state index contributed by atoms with van der Waals surface area (Å²) in [6, 6.07) is 14.9. The number of aryl methyl sites for hydroxylation is 1. The van der Waals surface area contributed by atoms with E-state index < -0.39 is 5.97 Å². The highest BCUT2D eigenvalue weighted by molar-refractivity contribution is 6.36. The monoisotopic (exact) mass is 374 g/mol. The quantitative estimate of drug-likeness (QED) is 0.597. The normalized spacial score (nSPS) is 14.1. The molecule has 2 heterocycles. The molecule has 0 radical (unpaired) electrons. The van der Waals surface area contributed by atoms with Crippen LogP contribution in [0.2, 0.25) is 0 Å². The van der Waals surface area contributed by atoms with Crippen LogP contribution in [0.15, 0.2) is 48.5 Å². The van der Waals surface area contributed by atoms with Crippen LogP contribution in [0.5, 0.6) is 5.75 Å². The van der Waals surface area contributed by atoms with Crippen LogP contribution in [-0.2, 0) is 4.79 Å². The number of rotatable bonds is 4. The number of carbonyl (C=O) groups is 2. The molecule has 0 atom stereocenters. The number of fused-ring (bicyclic) bond motifs is 1. The van der Waals surface area contributed by atoms with Gasteiger partial charge in [0.1, 0.15) is 11.4 Å². The number of methoxy groups -OCH3 is 1. The lowest BCUT2D eigenvalue weighted by atomic mass is 9.94. The van der Waals surface area contributed by atoms with E-state index in [-0.39, 0.29) is 11.6 Å². The fourth-order valence-corrected chi connectivity index (χ4v) is 3.38. The molecule has 0 spiro atoms. The minimum absolute atomic E-state index is 0.0893. The van der Waals surface area contributed by atoms with Gasteiger partial charge in [0, 0.05) is 16.9 Å². The Bertz CT molecular complexity index is 1120.